The van der Waals surface area contributed by atoms with Gasteiger partial charge in [0.2, 0.25) is 0 Å². The van der Waals surface area contributed by atoms with Crippen molar-refractivity contribution in [1.29, 1.82) is 0 Å². The average molecular weight is 277 g/mol. The van der Waals surface area contributed by atoms with E-state index >= 15 is 0 Å². The largest absolute Gasteiger partial charge is 0.382 e. The second-order valence-electron chi connectivity index (χ2n) is 4.61. The fourth-order valence-corrected chi connectivity index (χ4v) is 1.94. The Morgan fingerprint density at radius 1 is 1.05 bits per heavy atom. The van der Waals surface area contributed by atoms with E-state index in [1.165, 1.54) is 0 Å². The highest BCUT2D eigenvalue weighted by Gasteiger charge is 2.32. The van der Waals surface area contributed by atoms with Crippen LogP contribution in [0.15, 0.2) is 0 Å². The van der Waals surface area contributed by atoms with Gasteiger partial charge in [0, 0.05) is 20.3 Å². The minimum Gasteiger partial charge on any atom is -0.382 e. The van der Waals surface area contributed by atoms with Crippen LogP contribution in [0, 0.1) is 0 Å². The molecule has 0 aromatic heterocycles. The standard InChI is InChI=1S/C13H27NO5/c1-15-5-6-16-7-8-17-9-10-19-13(11-14)3-2-4-18-12-13/h2-12,14H2,1H3. The molecule has 0 aromatic rings. The Morgan fingerprint density at radius 2 is 1.74 bits per heavy atom. The van der Waals surface area contributed by atoms with Crippen molar-refractivity contribution in [2.45, 2.75) is 18.4 Å². The van der Waals surface area contributed by atoms with E-state index in [2.05, 4.69) is 0 Å². The number of ether oxygens (including phenoxy) is 5. The molecule has 6 nitrogen and oxygen atoms in total. The lowest BCUT2D eigenvalue weighted by atomic mass is 9.97. The van der Waals surface area contributed by atoms with Gasteiger partial charge in [-0.15, -0.1) is 0 Å². The first-order valence-corrected chi connectivity index (χ1v) is 6.89. The molecule has 0 amide bonds. The Balaban J connectivity index is 1.94. The summed E-state index contributed by atoms with van der Waals surface area (Å²) >= 11 is 0. The molecule has 0 spiro atoms. The first-order valence-electron chi connectivity index (χ1n) is 6.89. The Kier molecular flexibility index (Phi) is 9.32. The molecule has 0 aromatic carbocycles. The van der Waals surface area contributed by atoms with Gasteiger partial charge in [0.1, 0.15) is 5.60 Å². The van der Waals surface area contributed by atoms with E-state index in [4.69, 9.17) is 29.4 Å². The van der Waals surface area contributed by atoms with Gasteiger partial charge in [0.25, 0.3) is 0 Å². The highest BCUT2D eigenvalue weighted by atomic mass is 16.6. The van der Waals surface area contributed by atoms with Gasteiger partial charge in [-0.25, -0.2) is 0 Å². The highest BCUT2D eigenvalue weighted by molar-refractivity contribution is 4.84. The van der Waals surface area contributed by atoms with Crippen molar-refractivity contribution in [3.63, 3.8) is 0 Å². The van der Waals surface area contributed by atoms with Crippen molar-refractivity contribution in [1.82, 2.24) is 0 Å². The molecule has 1 aliphatic heterocycles. The summed E-state index contributed by atoms with van der Waals surface area (Å²) in [6.45, 7) is 5.34. The molecule has 1 atom stereocenters. The quantitative estimate of drug-likeness (QED) is 0.544. The highest BCUT2D eigenvalue weighted by Crippen LogP contribution is 2.22. The molecule has 19 heavy (non-hydrogen) atoms. The maximum Gasteiger partial charge on any atom is 0.104 e. The summed E-state index contributed by atoms with van der Waals surface area (Å²) in [5.41, 5.74) is 5.46. The van der Waals surface area contributed by atoms with Gasteiger partial charge >= 0.3 is 0 Å². The molecule has 6 heteroatoms. The van der Waals surface area contributed by atoms with Crippen molar-refractivity contribution < 1.29 is 23.7 Å². The third-order valence-electron chi connectivity index (χ3n) is 3.10. The minimum atomic E-state index is -0.309. The predicted molar refractivity (Wildman–Crippen MR) is 71.3 cm³/mol. The van der Waals surface area contributed by atoms with E-state index in [9.17, 15) is 0 Å². The van der Waals surface area contributed by atoms with E-state index in [0.29, 0.717) is 52.8 Å². The van der Waals surface area contributed by atoms with E-state index in [0.717, 1.165) is 19.4 Å². The smallest absolute Gasteiger partial charge is 0.104 e. The third-order valence-corrected chi connectivity index (χ3v) is 3.10. The summed E-state index contributed by atoms with van der Waals surface area (Å²) in [6, 6.07) is 0. The maximum absolute atomic E-state index is 5.83. The van der Waals surface area contributed by atoms with Crippen LogP contribution in [0.3, 0.4) is 0 Å². The average Bonchev–Trinajstić information content (AvgIpc) is 2.46. The fourth-order valence-electron chi connectivity index (χ4n) is 1.94. The minimum absolute atomic E-state index is 0.309. The summed E-state index contributed by atoms with van der Waals surface area (Å²) in [5, 5.41) is 0. The Hall–Kier alpha value is -0.240. The number of nitrogens with two attached hydrogens (primary N) is 1. The molecule has 1 rings (SSSR count). The molecule has 1 aliphatic rings. The summed E-state index contributed by atoms with van der Waals surface area (Å²) < 4.78 is 26.8. The molecule has 1 fully saturated rings. The molecule has 114 valence electrons. The van der Waals surface area contributed by atoms with E-state index in [1.54, 1.807) is 7.11 Å². The molecule has 1 saturated heterocycles. The van der Waals surface area contributed by atoms with E-state index < -0.39 is 0 Å². The zero-order valence-electron chi connectivity index (χ0n) is 11.9. The van der Waals surface area contributed by atoms with Crippen molar-refractivity contribution in [3.8, 4) is 0 Å². The first-order chi connectivity index (χ1) is 9.33. The molecule has 2 N–H and O–H groups in total. The number of methoxy groups -OCH3 is 1. The van der Waals surface area contributed by atoms with Crippen LogP contribution in [0.4, 0.5) is 0 Å². The number of rotatable bonds is 11. The van der Waals surface area contributed by atoms with Crippen LogP contribution in [-0.2, 0) is 23.7 Å². The van der Waals surface area contributed by atoms with Gasteiger partial charge in [0.15, 0.2) is 0 Å². The summed E-state index contributed by atoms with van der Waals surface area (Å²) in [6.07, 6.45) is 1.97. The molecular weight excluding hydrogens is 250 g/mol. The predicted octanol–water partition coefficient (Wildman–Crippen LogP) is 0.191. The summed E-state index contributed by atoms with van der Waals surface area (Å²) in [7, 11) is 1.65. The van der Waals surface area contributed by atoms with Gasteiger partial charge in [-0.1, -0.05) is 0 Å². The third kappa shape index (κ3) is 7.20. The zero-order valence-corrected chi connectivity index (χ0v) is 11.9. The van der Waals surface area contributed by atoms with Crippen LogP contribution in [0.5, 0.6) is 0 Å². The molecule has 0 aliphatic carbocycles. The molecule has 0 saturated carbocycles. The lowest BCUT2D eigenvalue weighted by Gasteiger charge is -2.35. The van der Waals surface area contributed by atoms with E-state index in [-0.39, 0.29) is 5.60 Å². The van der Waals surface area contributed by atoms with Crippen molar-refractivity contribution in [3.05, 3.63) is 0 Å². The molecule has 1 heterocycles. The van der Waals surface area contributed by atoms with Crippen LogP contribution < -0.4 is 5.73 Å². The maximum atomic E-state index is 5.83. The SMILES string of the molecule is COCCOCCOCCOC1(CN)CCCOC1. The van der Waals surface area contributed by atoms with Crippen molar-refractivity contribution in [2.24, 2.45) is 5.73 Å². The van der Waals surface area contributed by atoms with Crippen LogP contribution in [-0.4, -0.2) is 72.1 Å². The zero-order chi connectivity index (χ0) is 13.8. The summed E-state index contributed by atoms with van der Waals surface area (Å²) in [4.78, 5) is 0. The Bertz CT molecular complexity index is 209. The summed E-state index contributed by atoms with van der Waals surface area (Å²) in [5.74, 6) is 0. The lowest BCUT2D eigenvalue weighted by Crippen LogP contribution is -2.48. The van der Waals surface area contributed by atoms with Gasteiger partial charge in [-0.3, -0.25) is 0 Å². The monoisotopic (exact) mass is 277 g/mol. The topological polar surface area (TPSA) is 72.2 Å². The van der Waals surface area contributed by atoms with Gasteiger partial charge < -0.3 is 29.4 Å². The van der Waals surface area contributed by atoms with Crippen LogP contribution in [0.25, 0.3) is 0 Å². The van der Waals surface area contributed by atoms with Crippen LogP contribution >= 0.6 is 0 Å². The van der Waals surface area contributed by atoms with Gasteiger partial charge in [-0.05, 0) is 12.8 Å². The first kappa shape index (κ1) is 16.8. The Labute approximate surface area is 115 Å². The van der Waals surface area contributed by atoms with Gasteiger partial charge in [-0.2, -0.15) is 0 Å². The van der Waals surface area contributed by atoms with E-state index in [1.807, 2.05) is 0 Å². The number of hydrogen-bond acceptors (Lipinski definition) is 6. The second-order valence-corrected chi connectivity index (χ2v) is 4.61. The van der Waals surface area contributed by atoms with Crippen molar-refractivity contribution >= 4 is 0 Å². The van der Waals surface area contributed by atoms with Gasteiger partial charge in [0.05, 0.1) is 46.2 Å². The molecule has 0 bridgehead atoms. The Morgan fingerprint density at radius 3 is 2.32 bits per heavy atom. The van der Waals surface area contributed by atoms with Crippen LogP contribution in [0.2, 0.25) is 0 Å². The number of hydrogen-bond donors (Lipinski definition) is 1. The van der Waals surface area contributed by atoms with Crippen LogP contribution in [0.1, 0.15) is 12.8 Å². The fraction of sp³-hybridized carbons (Fsp3) is 1.00. The second kappa shape index (κ2) is 10.5. The molecule has 1 unspecified atom stereocenters. The molecule has 0 radical (unpaired) electrons. The lowest BCUT2D eigenvalue weighted by molar-refractivity contribution is -0.133. The van der Waals surface area contributed by atoms with Crippen molar-refractivity contribution in [2.75, 3.05) is 66.5 Å². The normalized spacial score (nSPS) is 23.7. The molecular formula is C13H27NO5.